The molecule has 8 heteroatoms. The number of methoxy groups -OCH3 is 2. The number of aryl methyl sites for hydroxylation is 2. The maximum absolute atomic E-state index is 5.68. The molecule has 0 aliphatic heterocycles. The lowest BCUT2D eigenvalue weighted by Gasteiger charge is -2.04. The minimum Gasteiger partial charge on any atom is -0.496 e. The molecule has 0 amide bonds. The van der Waals surface area contributed by atoms with E-state index in [-0.39, 0.29) is 0 Å². The van der Waals surface area contributed by atoms with Gasteiger partial charge < -0.3 is 9.47 Å². The molecule has 0 saturated carbocycles. The molecule has 0 bridgehead atoms. The number of hydrogen-bond acceptors (Lipinski definition) is 8. The Labute approximate surface area is 239 Å². The van der Waals surface area contributed by atoms with Crippen LogP contribution in [0.1, 0.15) is 9.75 Å². The Balaban J connectivity index is 1.55. The van der Waals surface area contributed by atoms with Crippen molar-refractivity contribution in [1.29, 1.82) is 0 Å². The molecule has 0 fully saturated rings. The van der Waals surface area contributed by atoms with Crippen molar-refractivity contribution in [2.75, 3.05) is 14.2 Å². The van der Waals surface area contributed by atoms with E-state index in [0.717, 1.165) is 74.9 Å². The van der Waals surface area contributed by atoms with Crippen LogP contribution in [0.5, 0.6) is 11.5 Å². The topological polar surface area (TPSA) is 57.1 Å². The Morgan fingerprint density at radius 3 is 1.64 bits per heavy atom. The maximum Gasteiger partial charge on any atom is 0.129 e. The van der Waals surface area contributed by atoms with E-state index in [0.29, 0.717) is 0 Å². The van der Waals surface area contributed by atoms with Gasteiger partial charge in [-0.3, -0.25) is 0 Å². The van der Waals surface area contributed by atoms with E-state index in [1.54, 1.807) is 48.2 Å². The third kappa shape index (κ3) is 4.76. The van der Waals surface area contributed by atoms with Crippen LogP contribution in [-0.4, -0.2) is 29.2 Å². The van der Waals surface area contributed by atoms with Crippen LogP contribution >= 0.6 is 34.0 Å². The molecule has 3 aromatic heterocycles. The molecule has 5 nitrogen and oxygen atoms in total. The highest BCUT2D eigenvalue weighted by atomic mass is 32.1. The first-order chi connectivity index (χ1) is 19.1. The zero-order valence-corrected chi connectivity index (χ0v) is 24.3. The predicted octanol–water partition coefficient (Wildman–Crippen LogP) is 9.03. The number of aromatic nitrogens is 3. The number of hydrogen-bond donors (Lipinski definition) is 0. The van der Waals surface area contributed by atoms with Crippen LogP contribution in [0.4, 0.5) is 0 Å². The summed E-state index contributed by atoms with van der Waals surface area (Å²) >= 11 is 4.97. The Bertz CT molecular complexity index is 1770. The van der Waals surface area contributed by atoms with Crippen LogP contribution in [0.2, 0.25) is 0 Å². The largest absolute Gasteiger partial charge is 0.496 e. The minimum absolute atomic E-state index is 0.786. The van der Waals surface area contributed by atoms with Crippen molar-refractivity contribution in [3.05, 3.63) is 88.6 Å². The molecule has 0 unspecified atom stereocenters. The molecule has 6 rings (SSSR count). The van der Waals surface area contributed by atoms with Gasteiger partial charge in [-0.05, 0) is 38.1 Å². The summed E-state index contributed by atoms with van der Waals surface area (Å²) in [7, 11) is 3.38. The van der Waals surface area contributed by atoms with Crippen LogP contribution in [0.25, 0.3) is 53.7 Å². The van der Waals surface area contributed by atoms with Crippen LogP contribution in [0.15, 0.2) is 78.9 Å². The van der Waals surface area contributed by atoms with Crippen molar-refractivity contribution >= 4 is 34.0 Å². The fourth-order valence-corrected chi connectivity index (χ4v) is 7.52. The van der Waals surface area contributed by atoms with E-state index < -0.39 is 0 Å². The van der Waals surface area contributed by atoms with Gasteiger partial charge in [-0.25, -0.2) is 15.0 Å². The van der Waals surface area contributed by atoms with Gasteiger partial charge in [0.2, 0.25) is 0 Å². The molecule has 0 spiro atoms. The van der Waals surface area contributed by atoms with Gasteiger partial charge in [-0.15, -0.1) is 34.0 Å². The fourth-order valence-electron chi connectivity index (χ4n) is 4.44. The van der Waals surface area contributed by atoms with Crippen molar-refractivity contribution in [3.63, 3.8) is 0 Å². The summed E-state index contributed by atoms with van der Waals surface area (Å²) in [6.45, 7) is 4.22. The Hall–Kier alpha value is -3.85. The van der Waals surface area contributed by atoms with E-state index in [1.165, 1.54) is 0 Å². The number of ether oxygens (including phenoxy) is 2. The molecule has 3 heterocycles. The summed E-state index contributed by atoms with van der Waals surface area (Å²) in [5.41, 5.74) is 5.67. The fraction of sp³-hybridized carbons (Fsp3) is 0.129. The van der Waals surface area contributed by atoms with Gasteiger partial charge >= 0.3 is 0 Å². The molecule has 39 heavy (non-hydrogen) atoms. The summed E-state index contributed by atoms with van der Waals surface area (Å²) in [6.07, 6.45) is 0. The zero-order valence-electron chi connectivity index (χ0n) is 21.9. The van der Waals surface area contributed by atoms with Crippen molar-refractivity contribution in [2.45, 2.75) is 13.8 Å². The molecule has 0 aliphatic carbocycles. The average Bonchev–Trinajstić information content (AvgIpc) is 3.69. The van der Waals surface area contributed by atoms with Gasteiger partial charge in [-0.1, -0.05) is 54.6 Å². The summed E-state index contributed by atoms with van der Waals surface area (Å²) in [5.74, 6) is 1.59. The summed E-state index contributed by atoms with van der Waals surface area (Å²) in [5, 5.41) is 2.76. The molecule has 0 aliphatic rings. The standard InChI is InChI=1S/C31H25N3O2S3/c1-18-25(32-30(38-18)21-14-8-10-16-23(21)35-3)27-28(39-31(34-27)22-15-9-11-17-24(22)36-4)26-19(2)37-29(33-26)20-12-6-5-7-13-20/h5-17H,1-4H3. The number of para-hydroxylation sites is 2. The van der Waals surface area contributed by atoms with E-state index in [2.05, 4.69) is 26.0 Å². The Kier molecular flexibility index (Phi) is 6.99. The molecule has 0 saturated heterocycles. The Morgan fingerprint density at radius 2 is 1.00 bits per heavy atom. The Morgan fingerprint density at radius 1 is 0.513 bits per heavy atom. The third-order valence-corrected chi connectivity index (χ3v) is 9.47. The van der Waals surface area contributed by atoms with Crippen LogP contribution in [0, 0.1) is 13.8 Å². The highest BCUT2D eigenvalue weighted by Gasteiger charge is 2.26. The van der Waals surface area contributed by atoms with Crippen LogP contribution < -0.4 is 9.47 Å². The molecular formula is C31H25N3O2S3. The van der Waals surface area contributed by atoms with Gasteiger partial charge in [0, 0.05) is 15.3 Å². The summed E-state index contributed by atoms with van der Waals surface area (Å²) in [4.78, 5) is 18.7. The maximum atomic E-state index is 5.68. The lowest BCUT2D eigenvalue weighted by Crippen LogP contribution is -1.89. The normalized spacial score (nSPS) is 11.1. The second-order valence-corrected chi connectivity index (χ2v) is 12.2. The third-order valence-electron chi connectivity index (χ3n) is 6.36. The molecular weight excluding hydrogens is 543 g/mol. The lowest BCUT2D eigenvalue weighted by molar-refractivity contribution is 0.416. The number of benzene rings is 3. The molecule has 6 aromatic rings. The predicted molar refractivity (Wildman–Crippen MR) is 163 cm³/mol. The van der Waals surface area contributed by atoms with Crippen molar-refractivity contribution in [3.8, 4) is 65.2 Å². The summed E-state index contributed by atoms with van der Waals surface area (Å²) < 4.78 is 11.3. The quantitative estimate of drug-likeness (QED) is 0.193. The van der Waals surface area contributed by atoms with Crippen LogP contribution in [-0.2, 0) is 0 Å². The molecule has 0 radical (unpaired) electrons. The average molecular weight is 568 g/mol. The number of nitrogens with zero attached hydrogens (tertiary/aromatic N) is 3. The monoisotopic (exact) mass is 567 g/mol. The minimum atomic E-state index is 0.786. The second-order valence-electron chi connectivity index (χ2n) is 8.81. The van der Waals surface area contributed by atoms with Crippen molar-refractivity contribution < 1.29 is 9.47 Å². The molecule has 3 aromatic carbocycles. The number of rotatable bonds is 7. The number of thiazole rings is 3. The van der Waals surface area contributed by atoms with Gasteiger partial charge in [0.05, 0.1) is 35.9 Å². The molecule has 194 valence electrons. The van der Waals surface area contributed by atoms with Crippen molar-refractivity contribution in [1.82, 2.24) is 15.0 Å². The van der Waals surface area contributed by atoms with Gasteiger partial charge in [0.25, 0.3) is 0 Å². The zero-order chi connectivity index (χ0) is 26.9. The SMILES string of the molecule is COc1ccccc1-c1nc(-c2nc(-c3ccccc3OC)sc2-c2nc(-c3ccccc3)sc2C)c(C)s1. The van der Waals surface area contributed by atoms with Crippen molar-refractivity contribution in [2.24, 2.45) is 0 Å². The van der Waals surface area contributed by atoms with Gasteiger partial charge in [0.15, 0.2) is 0 Å². The summed E-state index contributed by atoms with van der Waals surface area (Å²) in [6, 6.07) is 26.3. The molecule has 0 N–H and O–H groups in total. The molecule has 0 atom stereocenters. The second kappa shape index (κ2) is 10.7. The van der Waals surface area contributed by atoms with Gasteiger partial charge in [0.1, 0.15) is 37.9 Å². The lowest BCUT2D eigenvalue weighted by atomic mass is 10.1. The van der Waals surface area contributed by atoms with E-state index >= 15 is 0 Å². The first-order valence-corrected chi connectivity index (χ1v) is 14.8. The van der Waals surface area contributed by atoms with E-state index in [1.807, 2.05) is 66.7 Å². The first-order valence-electron chi connectivity index (χ1n) is 12.4. The highest BCUT2D eigenvalue weighted by Crippen LogP contribution is 2.47. The highest BCUT2D eigenvalue weighted by molar-refractivity contribution is 7.20. The van der Waals surface area contributed by atoms with E-state index in [9.17, 15) is 0 Å². The van der Waals surface area contributed by atoms with E-state index in [4.69, 9.17) is 24.4 Å². The first kappa shape index (κ1) is 25.4. The smallest absolute Gasteiger partial charge is 0.129 e. The van der Waals surface area contributed by atoms with Crippen LogP contribution in [0.3, 0.4) is 0 Å². The van der Waals surface area contributed by atoms with Gasteiger partial charge in [-0.2, -0.15) is 0 Å².